The average Bonchev–Trinajstić information content (AvgIpc) is 2.94. The van der Waals surface area contributed by atoms with E-state index in [4.69, 9.17) is 4.74 Å². The third-order valence-electron chi connectivity index (χ3n) is 4.51. The monoisotopic (exact) mass is 346 g/mol. The zero-order valence-corrected chi connectivity index (χ0v) is 13.2. The van der Waals surface area contributed by atoms with Crippen molar-refractivity contribution in [3.05, 3.63) is 34.4 Å². The summed E-state index contributed by atoms with van der Waals surface area (Å²) in [6.45, 7) is 3.49. The molecule has 1 aliphatic heterocycles. The number of amides is 1. The average molecular weight is 347 g/mol. The molecule has 1 aromatic heterocycles. The first-order valence-electron chi connectivity index (χ1n) is 7.08. The van der Waals surface area contributed by atoms with Gasteiger partial charge in [-0.3, -0.25) is 4.79 Å². The van der Waals surface area contributed by atoms with E-state index in [-0.39, 0.29) is 11.8 Å². The molecule has 0 bridgehead atoms. The second kappa shape index (κ2) is 4.78. The molecule has 5 heteroatoms. The Labute approximate surface area is 131 Å². The van der Waals surface area contributed by atoms with E-state index in [1.54, 1.807) is 6.20 Å². The Hall–Kier alpha value is -1.46. The maximum absolute atomic E-state index is 12.2. The van der Waals surface area contributed by atoms with E-state index in [0.29, 0.717) is 17.7 Å². The van der Waals surface area contributed by atoms with Gasteiger partial charge in [0, 0.05) is 22.0 Å². The number of hydrogen-bond acceptors (Lipinski definition) is 3. The lowest BCUT2D eigenvalue weighted by atomic mass is 10.1. The summed E-state index contributed by atoms with van der Waals surface area (Å²) in [5, 5.41) is 5.08. The van der Waals surface area contributed by atoms with Crippen molar-refractivity contribution in [3.8, 4) is 0 Å². The first kappa shape index (κ1) is 13.2. The van der Waals surface area contributed by atoms with E-state index < -0.39 is 0 Å². The van der Waals surface area contributed by atoms with Gasteiger partial charge < -0.3 is 10.1 Å². The van der Waals surface area contributed by atoms with Gasteiger partial charge in [-0.2, -0.15) is 0 Å². The van der Waals surface area contributed by atoms with Crippen molar-refractivity contribution >= 4 is 38.4 Å². The molecule has 21 heavy (non-hydrogen) atoms. The predicted molar refractivity (Wildman–Crippen MR) is 84.1 cm³/mol. The number of carbonyl (C=O) groups excluding carboxylic acids is 1. The molecule has 2 fully saturated rings. The van der Waals surface area contributed by atoms with Crippen molar-refractivity contribution in [2.75, 3.05) is 18.5 Å². The Kier molecular flexibility index (Phi) is 3.01. The van der Waals surface area contributed by atoms with E-state index in [1.807, 2.05) is 13.0 Å². The quantitative estimate of drug-likeness (QED) is 0.908. The molecule has 2 aromatic rings. The van der Waals surface area contributed by atoms with Gasteiger partial charge >= 0.3 is 0 Å². The summed E-state index contributed by atoms with van der Waals surface area (Å²) in [4.78, 5) is 16.6. The van der Waals surface area contributed by atoms with Crippen molar-refractivity contribution < 1.29 is 9.53 Å². The Balaban J connectivity index is 1.56. The summed E-state index contributed by atoms with van der Waals surface area (Å²) in [6.07, 6.45) is 1.81. The van der Waals surface area contributed by atoms with Gasteiger partial charge in [0.2, 0.25) is 5.91 Å². The molecular weight excluding hydrogens is 332 g/mol. The van der Waals surface area contributed by atoms with Crippen molar-refractivity contribution in [2.24, 2.45) is 17.8 Å². The first-order chi connectivity index (χ1) is 10.1. The molecule has 2 atom stereocenters. The van der Waals surface area contributed by atoms with Crippen LogP contribution in [0.2, 0.25) is 0 Å². The van der Waals surface area contributed by atoms with Crippen LogP contribution in [-0.4, -0.2) is 24.1 Å². The molecule has 1 amide bonds. The fraction of sp³-hybridized carbons (Fsp3) is 0.375. The lowest BCUT2D eigenvalue weighted by Crippen LogP contribution is -2.19. The Morgan fingerprint density at radius 2 is 2.05 bits per heavy atom. The fourth-order valence-corrected chi connectivity index (χ4v) is 3.55. The minimum atomic E-state index is 0.0753. The topological polar surface area (TPSA) is 51.2 Å². The normalized spacial score (nSPS) is 26.7. The van der Waals surface area contributed by atoms with Gasteiger partial charge in [0.05, 0.1) is 13.2 Å². The highest BCUT2D eigenvalue weighted by atomic mass is 79.9. The van der Waals surface area contributed by atoms with Crippen LogP contribution in [0.3, 0.4) is 0 Å². The van der Waals surface area contributed by atoms with Crippen molar-refractivity contribution in [2.45, 2.75) is 6.92 Å². The molecule has 108 valence electrons. The predicted octanol–water partition coefficient (Wildman–Crippen LogP) is 3.14. The highest BCUT2D eigenvalue weighted by Crippen LogP contribution is 2.51. The van der Waals surface area contributed by atoms with Gasteiger partial charge in [0.1, 0.15) is 5.82 Å². The summed E-state index contributed by atoms with van der Waals surface area (Å²) in [5.74, 6) is 1.64. The summed E-state index contributed by atoms with van der Waals surface area (Å²) in [6, 6.07) is 6.06. The van der Waals surface area contributed by atoms with Crippen LogP contribution in [0, 0.1) is 24.7 Å². The van der Waals surface area contributed by atoms with Crippen LogP contribution in [-0.2, 0) is 9.53 Å². The maximum Gasteiger partial charge on any atom is 0.229 e. The number of nitrogens with zero attached hydrogens (tertiary/aromatic N) is 1. The third-order valence-corrected chi connectivity index (χ3v) is 5.36. The largest absolute Gasteiger partial charge is 0.381 e. The molecule has 1 saturated heterocycles. The Morgan fingerprint density at radius 3 is 2.81 bits per heavy atom. The van der Waals surface area contributed by atoms with Gasteiger partial charge in [0.15, 0.2) is 0 Å². The number of rotatable bonds is 2. The number of ether oxygens (including phenoxy) is 1. The van der Waals surface area contributed by atoms with E-state index in [0.717, 1.165) is 28.5 Å². The number of aromatic nitrogens is 1. The highest BCUT2D eigenvalue weighted by Gasteiger charge is 2.57. The summed E-state index contributed by atoms with van der Waals surface area (Å²) in [7, 11) is 0. The summed E-state index contributed by atoms with van der Waals surface area (Å²) >= 11 is 3.54. The van der Waals surface area contributed by atoms with Crippen LogP contribution in [0.15, 0.2) is 28.9 Å². The Bertz CT molecular complexity index is 736. The second-order valence-corrected chi connectivity index (χ2v) is 6.75. The van der Waals surface area contributed by atoms with Crippen LogP contribution >= 0.6 is 15.9 Å². The van der Waals surface area contributed by atoms with Crippen LogP contribution in [0.5, 0.6) is 0 Å². The lowest BCUT2D eigenvalue weighted by Gasteiger charge is -2.08. The van der Waals surface area contributed by atoms with Crippen LogP contribution in [0.25, 0.3) is 10.8 Å². The minimum Gasteiger partial charge on any atom is -0.381 e. The van der Waals surface area contributed by atoms with Gasteiger partial charge in [-0.1, -0.05) is 15.9 Å². The van der Waals surface area contributed by atoms with E-state index in [2.05, 4.69) is 38.4 Å². The molecular formula is C16H15BrN2O2. The third kappa shape index (κ3) is 2.24. The van der Waals surface area contributed by atoms with Gasteiger partial charge in [-0.05, 0) is 47.9 Å². The molecule has 0 spiro atoms. The molecule has 1 aliphatic carbocycles. The number of nitrogens with one attached hydrogen (secondary N) is 1. The van der Waals surface area contributed by atoms with Crippen molar-refractivity contribution in [1.29, 1.82) is 0 Å². The number of benzene rings is 1. The number of pyridine rings is 1. The number of anilines is 1. The summed E-state index contributed by atoms with van der Waals surface area (Å²) in [5.41, 5.74) is 1.17. The van der Waals surface area contributed by atoms with E-state index in [1.165, 1.54) is 5.56 Å². The Morgan fingerprint density at radius 1 is 1.29 bits per heavy atom. The van der Waals surface area contributed by atoms with Gasteiger partial charge in [0.25, 0.3) is 0 Å². The number of carbonyl (C=O) groups is 1. The number of fused-ring (bicyclic) bond motifs is 2. The zero-order chi connectivity index (χ0) is 14.6. The molecule has 1 aromatic carbocycles. The lowest BCUT2D eigenvalue weighted by molar-refractivity contribution is -0.118. The second-order valence-electron chi connectivity index (χ2n) is 5.90. The molecule has 4 rings (SSSR count). The van der Waals surface area contributed by atoms with Crippen LogP contribution < -0.4 is 5.32 Å². The number of halogens is 1. The SMILES string of the molecule is Cc1cc2cnc(NC(=O)C3C4COCC43)cc2cc1Br. The van der Waals surface area contributed by atoms with Gasteiger partial charge in [-0.25, -0.2) is 4.98 Å². The van der Waals surface area contributed by atoms with E-state index in [9.17, 15) is 4.79 Å². The van der Waals surface area contributed by atoms with Crippen molar-refractivity contribution in [3.63, 3.8) is 0 Å². The molecule has 4 nitrogen and oxygen atoms in total. The fourth-order valence-electron chi connectivity index (χ4n) is 3.19. The molecule has 1 saturated carbocycles. The highest BCUT2D eigenvalue weighted by molar-refractivity contribution is 9.10. The summed E-state index contributed by atoms with van der Waals surface area (Å²) < 4.78 is 6.38. The molecule has 2 aliphatic rings. The standard InChI is InChI=1S/C16H15BrN2O2/c1-8-2-10-5-18-14(4-9(10)3-13(8)17)19-16(20)15-11-6-21-7-12(11)15/h2-5,11-12,15H,6-7H2,1H3,(H,18,19,20). The van der Waals surface area contributed by atoms with Crippen LogP contribution in [0.1, 0.15) is 5.56 Å². The maximum atomic E-state index is 12.2. The minimum absolute atomic E-state index is 0.0753. The zero-order valence-electron chi connectivity index (χ0n) is 11.6. The number of aryl methyl sites for hydroxylation is 1. The molecule has 0 radical (unpaired) electrons. The molecule has 2 heterocycles. The van der Waals surface area contributed by atoms with E-state index >= 15 is 0 Å². The molecule has 1 N–H and O–H groups in total. The number of hydrogen-bond donors (Lipinski definition) is 1. The molecule has 2 unspecified atom stereocenters. The van der Waals surface area contributed by atoms with Gasteiger partial charge in [-0.15, -0.1) is 0 Å². The first-order valence-corrected chi connectivity index (χ1v) is 7.87. The van der Waals surface area contributed by atoms with Crippen LogP contribution in [0.4, 0.5) is 5.82 Å². The smallest absolute Gasteiger partial charge is 0.229 e. The van der Waals surface area contributed by atoms with Crippen molar-refractivity contribution in [1.82, 2.24) is 4.98 Å².